The van der Waals surface area contributed by atoms with Crippen LogP contribution in [0.3, 0.4) is 0 Å². The molecule has 0 aliphatic carbocycles. The Labute approximate surface area is 117 Å². The minimum Gasteiger partial charge on any atom is -0.389 e. The van der Waals surface area contributed by atoms with Crippen molar-refractivity contribution in [3.63, 3.8) is 0 Å². The SMILES string of the molecule is CN(C[C@@H](O)[C@H](O)CN(C)C(=S)S)C(=S)S. The van der Waals surface area contributed by atoms with Crippen molar-refractivity contribution in [3.8, 4) is 0 Å². The lowest BCUT2D eigenvalue weighted by Crippen LogP contribution is -2.44. The molecule has 0 rings (SSSR count). The van der Waals surface area contributed by atoms with E-state index in [2.05, 4.69) is 25.3 Å². The molecule has 0 heterocycles. The molecule has 4 nitrogen and oxygen atoms in total. The van der Waals surface area contributed by atoms with Crippen molar-refractivity contribution in [2.24, 2.45) is 0 Å². The molecule has 0 fully saturated rings. The molecule has 0 aromatic heterocycles. The van der Waals surface area contributed by atoms with Gasteiger partial charge in [0.15, 0.2) is 0 Å². The van der Waals surface area contributed by atoms with Gasteiger partial charge in [-0.25, -0.2) is 0 Å². The van der Waals surface area contributed by atoms with Crippen LogP contribution in [0.25, 0.3) is 0 Å². The summed E-state index contributed by atoms with van der Waals surface area (Å²) >= 11 is 17.5. The summed E-state index contributed by atoms with van der Waals surface area (Å²) in [7, 11) is 3.39. The highest BCUT2D eigenvalue weighted by Gasteiger charge is 2.20. The third kappa shape index (κ3) is 6.21. The lowest BCUT2D eigenvalue weighted by Gasteiger charge is -2.27. The zero-order chi connectivity index (χ0) is 12.9. The molecule has 8 heteroatoms. The van der Waals surface area contributed by atoms with Crippen LogP contribution in [0.15, 0.2) is 0 Å². The topological polar surface area (TPSA) is 46.9 Å². The second-order valence-corrected chi connectivity index (χ2v) is 5.69. The average Bonchev–Trinajstić information content (AvgIpc) is 2.16. The van der Waals surface area contributed by atoms with E-state index >= 15 is 0 Å². The number of hydrogen-bond acceptors (Lipinski definition) is 4. The number of nitrogens with zero attached hydrogens (tertiary/aromatic N) is 2. The number of thiocarbonyl (C=S) groups is 2. The largest absolute Gasteiger partial charge is 0.389 e. The number of likely N-dealkylation sites (N-methyl/N-ethyl adjacent to an activating group) is 2. The summed E-state index contributed by atoms with van der Waals surface area (Å²) < 4.78 is 0.730. The Morgan fingerprint density at radius 2 is 1.25 bits per heavy atom. The first kappa shape index (κ1) is 16.4. The third-order valence-electron chi connectivity index (χ3n) is 2.02. The summed E-state index contributed by atoms with van der Waals surface area (Å²) in [5, 5.41) is 19.4. The first-order valence-electron chi connectivity index (χ1n) is 4.50. The molecule has 0 saturated carbocycles. The molecule has 2 atom stereocenters. The average molecular weight is 300 g/mol. The van der Waals surface area contributed by atoms with Gasteiger partial charge in [-0.05, 0) is 0 Å². The molecule has 0 aromatic carbocycles. The van der Waals surface area contributed by atoms with Crippen molar-refractivity contribution < 1.29 is 10.2 Å². The molecule has 0 aromatic rings. The summed E-state index contributed by atoms with van der Waals surface area (Å²) in [5.74, 6) is 0. The Balaban J connectivity index is 4.13. The van der Waals surface area contributed by atoms with Crippen LogP contribution in [0, 0.1) is 0 Å². The lowest BCUT2D eigenvalue weighted by atomic mass is 10.2. The van der Waals surface area contributed by atoms with Gasteiger partial charge in [0.1, 0.15) is 8.64 Å². The minimum atomic E-state index is -0.916. The van der Waals surface area contributed by atoms with Gasteiger partial charge in [0.05, 0.1) is 12.2 Å². The molecular formula is C8H16N2O2S4. The highest BCUT2D eigenvalue weighted by Crippen LogP contribution is 2.03. The second-order valence-electron chi connectivity index (χ2n) is 3.46. The van der Waals surface area contributed by atoms with Crippen LogP contribution >= 0.6 is 49.7 Å². The Kier molecular flexibility index (Phi) is 7.87. The number of aliphatic hydroxyl groups is 2. The van der Waals surface area contributed by atoms with E-state index in [1.54, 1.807) is 23.9 Å². The van der Waals surface area contributed by atoms with Gasteiger partial charge in [0.25, 0.3) is 0 Å². The first-order chi connectivity index (χ1) is 7.25. The maximum atomic E-state index is 9.69. The van der Waals surface area contributed by atoms with E-state index in [1.165, 1.54) is 0 Å². The van der Waals surface area contributed by atoms with Crippen LogP contribution in [0.4, 0.5) is 0 Å². The summed E-state index contributed by atoms with van der Waals surface area (Å²) in [6, 6.07) is 0. The Morgan fingerprint density at radius 3 is 1.44 bits per heavy atom. The number of hydrogen-bond donors (Lipinski definition) is 4. The van der Waals surface area contributed by atoms with E-state index in [0.29, 0.717) is 8.64 Å². The molecule has 0 spiro atoms. The van der Waals surface area contributed by atoms with Crippen LogP contribution in [0.5, 0.6) is 0 Å². The summed E-state index contributed by atoms with van der Waals surface area (Å²) in [5.41, 5.74) is 0. The van der Waals surface area contributed by atoms with Gasteiger partial charge in [0, 0.05) is 27.2 Å². The van der Waals surface area contributed by atoms with Gasteiger partial charge in [-0.2, -0.15) is 0 Å². The highest BCUT2D eigenvalue weighted by atomic mass is 32.1. The monoisotopic (exact) mass is 300 g/mol. The van der Waals surface area contributed by atoms with E-state index in [1.807, 2.05) is 0 Å². The Hall–Kier alpha value is 0.400. The fourth-order valence-corrected chi connectivity index (χ4v) is 1.27. The molecule has 0 amide bonds. The van der Waals surface area contributed by atoms with Gasteiger partial charge in [-0.1, -0.05) is 24.4 Å². The van der Waals surface area contributed by atoms with Crippen molar-refractivity contribution in [2.45, 2.75) is 12.2 Å². The fraction of sp³-hybridized carbons (Fsp3) is 0.750. The fourth-order valence-electron chi connectivity index (χ4n) is 0.961. The van der Waals surface area contributed by atoms with Crippen LogP contribution in [-0.2, 0) is 0 Å². The lowest BCUT2D eigenvalue weighted by molar-refractivity contribution is 0.00346. The molecule has 16 heavy (non-hydrogen) atoms. The third-order valence-corrected chi connectivity index (χ3v) is 3.33. The van der Waals surface area contributed by atoms with Crippen LogP contribution in [0.1, 0.15) is 0 Å². The summed E-state index contributed by atoms with van der Waals surface area (Å²) in [6.07, 6.45) is -1.83. The van der Waals surface area contributed by atoms with Gasteiger partial charge in [-0.15, -0.1) is 25.3 Å². The van der Waals surface area contributed by atoms with E-state index in [9.17, 15) is 10.2 Å². The van der Waals surface area contributed by atoms with E-state index < -0.39 is 12.2 Å². The first-order valence-corrected chi connectivity index (χ1v) is 6.21. The molecule has 0 aliphatic rings. The minimum absolute atomic E-state index is 0.219. The molecule has 0 radical (unpaired) electrons. The number of thiol groups is 2. The Morgan fingerprint density at radius 1 is 1.00 bits per heavy atom. The van der Waals surface area contributed by atoms with E-state index in [-0.39, 0.29) is 13.1 Å². The quantitative estimate of drug-likeness (QED) is 0.424. The number of aliphatic hydroxyl groups excluding tert-OH is 2. The normalized spacial score (nSPS) is 14.1. The van der Waals surface area contributed by atoms with Crippen molar-refractivity contribution in [1.82, 2.24) is 9.80 Å². The summed E-state index contributed by atoms with van der Waals surface area (Å²) in [4.78, 5) is 3.15. The van der Waals surface area contributed by atoms with Crippen LogP contribution in [0.2, 0.25) is 0 Å². The maximum Gasteiger partial charge on any atom is 0.133 e. The van der Waals surface area contributed by atoms with Gasteiger partial charge in [-0.3, -0.25) is 0 Å². The molecule has 2 N–H and O–H groups in total. The predicted molar refractivity (Wildman–Crippen MR) is 80.4 cm³/mol. The van der Waals surface area contributed by atoms with Crippen molar-refractivity contribution in [2.75, 3.05) is 27.2 Å². The molecule has 0 bridgehead atoms. The standard InChI is InChI=1S/C8H16N2O2S4/c1-9(7(13)14)3-5(11)6(12)4-10(2)8(15)16/h5-6,11-12H,3-4H2,1-2H3,(H,13,14)(H,15,16)/t5-,6-/m1/s1. The molecule has 0 unspecified atom stereocenters. The zero-order valence-electron chi connectivity index (χ0n) is 9.07. The zero-order valence-corrected chi connectivity index (χ0v) is 12.5. The van der Waals surface area contributed by atoms with Gasteiger partial charge < -0.3 is 20.0 Å². The van der Waals surface area contributed by atoms with Crippen molar-refractivity contribution >= 4 is 58.3 Å². The molecule has 0 aliphatic heterocycles. The van der Waals surface area contributed by atoms with E-state index in [4.69, 9.17) is 24.4 Å². The summed E-state index contributed by atoms with van der Waals surface area (Å²) in [6.45, 7) is 0.438. The van der Waals surface area contributed by atoms with Gasteiger partial charge >= 0.3 is 0 Å². The van der Waals surface area contributed by atoms with E-state index in [0.717, 1.165) is 0 Å². The van der Waals surface area contributed by atoms with Crippen LogP contribution in [-0.4, -0.2) is 68.0 Å². The molecule has 94 valence electrons. The van der Waals surface area contributed by atoms with Crippen molar-refractivity contribution in [3.05, 3.63) is 0 Å². The molecular weight excluding hydrogens is 284 g/mol. The van der Waals surface area contributed by atoms with Crippen molar-refractivity contribution in [1.29, 1.82) is 0 Å². The number of rotatable bonds is 5. The smallest absolute Gasteiger partial charge is 0.133 e. The maximum absolute atomic E-state index is 9.69. The van der Waals surface area contributed by atoms with Gasteiger partial charge in [0.2, 0.25) is 0 Å². The second kappa shape index (κ2) is 7.67. The highest BCUT2D eigenvalue weighted by molar-refractivity contribution is 8.11. The molecule has 0 saturated heterocycles. The Bertz CT molecular complexity index is 238. The van der Waals surface area contributed by atoms with Crippen LogP contribution < -0.4 is 0 Å². The predicted octanol–water partition coefficient (Wildman–Crippen LogP) is 0.00120.